The maximum Gasteiger partial charge on any atom is 0.472 e. The molecule has 4 aromatic heterocycles. The van der Waals surface area contributed by atoms with Crippen LogP contribution in [-0.2, 0) is 36.9 Å². The molecule has 0 radical (unpaired) electrons. The molecule has 7 rings (SSSR count). The Hall–Kier alpha value is -3.23. The van der Waals surface area contributed by atoms with Crippen LogP contribution in [0.2, 0.25) is 0 Å². The number of rotatable bonds is 2. The molecular weight excluding hydrogens is 650 g/mol. The lowest BCUT2D eigenvalue weighted by atomic mass is 10.1. The average molecular weight is 675 g/mol. The first-order chi connectivity index (χ1) is 21.4. The number of hydrogen-bond acceptors (Lipinski definition) is 15. The number of hydrogen-bond donors (Lipinski definition) is 4. The Labute approximate surface area is 250 Å². The third kappa shape index (κ3) is 5.48. The van der Waals surface area contributed by atoms with Gasteiger partial charge < -0.3 is 40.0 Å². The first-order valence-corrected chi connectivity index (χ1v) is 16.5. The first kappa shape index (κ1) is 30.4. The number of aromatic nitrogens is 7. The molecule has 23 heteroatoms. The van der Waals surface area contributed by atoms with E-state index in [0.717, 1.165) is 10.9 Å². The molecule has 10 atom stereocenters. The van der Waals surface area contributed by atoms with Crippen LogP contribution in [-0.4, -0.2) is 100 Å². The summed E-state index contributed by atoms with van der Waals surface area (Å²) < 4.78 is 92.5. The van der Waals surface area contributed by atoms with Gasteiger partial charge in [0.1, 0.15) is 48.1 Å². The standard InChI is InChI=1S/C22H25F2N9O10P2/c23-12-16-10(41-21(12)32-6-30-14-9(25)1-2-27-19(14)32)4-40-45(36,37)43-17-11(3-39-44(34,35)8-38-16)42-22(13(17)24)33-7-31-15-18(26)28-5-29-20(15)33/h1-2,5-7,10-13,16-17,21-22H,3-4,8H2,(H2,25,27)(H,34,35)(H,36,37)(H2,26,28,29)/t10-,11-,12+,13+,16?,17?,21-,22-/m1/s1. The quantitative estimate of drug-likeness (QED) is 0.216. The number of ether oxygens (including phenoxy) is 3. The van der Waals surface area contributed by atoms with Crippen molar-refractivity contribution >= 4 is 49.3 Å². The van der Waals surface area contributed by atoms with Crippen molar-refractivity contribution in [3.8, 4) is 0 Å². The highest BCUT2D eigenvalue weighted by molar-refractivity contribution is 7.52. The van der Waals surface area contributed by atoms with E-state index in [9.17, 15) is 18.9 Å². The zero-order valence-electron chi connectivity index (χ0n) is 22.7. The molecule has 0 aromatic carbocycles. The fourth-order valence-corrected chi connectivity index (χ4v) is 7.16. The van der Waals surface area contributed by atoms with Crippen molar-refractivity contribution in [2.75, 3.05) is 31.0 Å². The van der Waals surface area contributed by atoms with Gasteiger partial charge in [-0.1, -0.05) is 0 Å². The molecule has 6 N–H and O–H groups in total. The number of anilines is 2. The van der Waals surface area contributed by atoms with E-state index in [1.54, 1.807) is 0 Å². The highest BCUT2D eigenvalue weighted by Gasteiger charge is 2.53. The summed E-state index contributed by atoms with van der Waals surface area (Å²) in [5.41, 5.74) is 12.6. The Morgan fingerprint density at radius 1 is 0.844 bits per heavy atom. The van der Waals surface area contributed by atoms with Gasteiger partial charge in [0.25, 0.3) is 0 Å². The number of imidazole rings is 2. The van der Waals surface area contributed by atoms with E-state index in [4.69, 9.17) is 39.2 Å². The van der Waals surface area contributed by atoms with Gasteiger partial charge in [-0.05, 0) is 6.07 Å². The number of halogens is 2. The number of phosphoric acid groups is 1. The zero-order valence-corrected chi connectivity index (χ0v) is 24.5. The normalized spacial score (nSPS) is 38.0. The molecule has 0 bridgehead atoms. The smallest absolute Gasteiger partial charge is 0.397 e. The van der Waals surface area contributed by atoms with Crippen molar-refractivity contribution in [1.29, 1.82) is 0 Å². The van der Waals surface area contributed by atoms with Crippen LogP contribution in [0.1, 0.15) is 12.5 Å². The molecule has 0 aliphatic carbocycles. The van der Waals surface area contributed by atoms with Crippen LogP contribution in [0.5, 0.6) is 0 Å². The molecule has 7 heterocycles. The summed E-state index contributed by atoms with van der Waals surface area (Å²) in [6, 6.07) is 1.50. The fraction of sp³-hybridized carbons (Fsp3) is 0.500. The molecule has 19 nitrogen and oxygen atoms in total. The number of alkyl halides is 2. The summed E-state index contributed by atoms with van der Waals surface area (Å²) in [5.74, 6) is 0.00980. The topological polar surface area (TPSA) is 256 Å². The lowest BCUT2D eigenvalue weighted by molar-refractivity contribution is -0.0580. The zero-order chi connectivity index (χ0) is 31.7. The summed E-state index contributed by atoms with van der Waals surface area (Å²) in [5, 5.41) is 0. The van der Waals surface area contributed by atoms with Crippen molar-refractivity contribution in [3.63, 3.8) is 0 Å². The molecule has 0 spiro atoms. The molecule has 4 aromatic rings. The number of nitrogen functional groups attached to an aromatic ring is 2. The molecule has 0 saturated carbocycles. The van der Waals surface area contributed by atoms with Crippen LogP contribution in [0.3, 0.4) is 0 Å². The molecule has 3 aliphatic heterocycles. The molecule has 45 heavy (non-hydrogen) atoms. The Balaban J connectivity index is 1.16. The lowest BCUT2D eigenvalue weighted by Gasteiger charge is -2.23. The van der Waals surface area contributed by atoms with Gasteiger partial charge in [0, 0.05) is 6.20 Å². The second kappa shape index (κ2) is 11.2. The maximum absolute atomic E-state index is 15.9. The highest BCUT2D eigenvalue weighted by atomic mass is 31.2. The number of nitrogens with two attached hydrogens (primary N) is 2. The van der Waals surface area contributed by atoms with Crippen molar-refractivity contribution < 1.29 is 55.5 Å². The number of pyridine rings is 1. The summed E-state index contributed by atoms with van der Waals surface area (Å²) in [6.07, 6.45) is -9.75. The Morgan fingerprint density at radius 2 is 1.47 bits per heavy atom. The van der Waals surface area contributed by atoms with Crippen LogP contribution in [0.25, 0.3) is 22.3 Å². The summed E-state index contributed by atoms with van der Waals surface area (Å²) in [7, 11) is -9.79. The third-order valence-electron chi connectivity index (χ3n) is 7.49. The Kier molecular flexibility index (Phi) is 7.59. The number of phosphoric ester groups is 1. The summed E-state index contributed by atoms with van der Waals surface area (Å²) in [6.45, 7) is -1.61. The predicted octanol–water partition coefficient (Wildman–Crippen LogP) is 0.967. The van der Waals surface area contributed by atoms with E-state index in [1.165, 1.54) is 29.5 Å². The van der Waals surface area contributed by atoms with Gasteiger partial charge in [0.05, 0.1) is 31.6 Å². The van der Waals surface area contributed by atoms with Gasteiger partial charge in [-0.3, -0.25) is 22.7 Å². The Bertz CT molecular complexity index is 1850. The van der Waals surface area contributed by atoms with Crippen molar-refractivity contribution in [2.45, 2.75) is 49.2 Å². The molecule has 242 valence electrons. The second-order valence-corrected chi connectivity index (χ2v) is 13.6. The summed E-state index contributed by atoms with van der Waals surface area (Å²) in [4.78, 5) is 41.3. The van der Waals surface area contributed by atoms with Crippen LogP contribution < -0.4 is 11.5 Å². The Morgan fingerprint density at radius 3 is 2.20 bits per heavy atom. The van der Waals surface area contributed by atoms with Crippen molar-refractivity contribution in [2.24, 2.45) is 0 Å². The van der Waals surface area contributed by atoms with Gasteiger partial charge in [-0.15, -0.1) is 0 Å². The van der Waals surface area contributed by atoms with Crippen molar-refractivity contribution in [3.05, 3.63) is 31.2 Å². The van der Waals surface area contributed by atoms with Crippen molar-refractivity contribution in [1.82, 2.24) is 34.1 Å². The molecule has 3 aliphatic rings. The van der Waals surface area contributed by atoms with Gasteiger partial charge in [0.2, 0.25) is 0 Å². The average Bonchev–Trinajstić information content (AvgIpc) is 3.75. The fourth-order valence-electron chi connectivity index (χ4n) is 5.38. The minimum absolute atomic E-state index is 0.00980. The SMILES string of the molecule is Nc1ccnc2c1ncn2[C@@H]1O[C@@H]2COP(=O)(O)OC3[C@@H](COP(=O)(O)COC2[C@@H]1F)O[C@@H](n1cnc2c(N)ncnc21)[C@H]3F. The van der Waals surface area contributed by atoms with Gasteiger partial charge in [-0.25, -0.2) is 38.3 Å². The van der Waals surface area contributed by atoms with Gasteiger partial charge in [-0.2, -0.15) is 0 Å². The van der Waals surface area contributed by atoms with Gasteiger partial charge in [0.15, 0.2) is 41.9 Å². The number of nitrogens with zero attached hydrogens (tertiary/aromatic N) is 7. The van der Waals surface area contributed by atoms with E-state index in [0.29, 0.717) is 0 Å². The molecule has 4 unspecified atom stereocenters. The molecular formula is C22H25F2N9O10P2. The van der Waals surface area contributed by atoms with E-state index in [1.807, 2.05) is 0 Å². The first-order valence-electron chi connectivity index (χ1n) is 13.3. The largest absolute Gasteiger partial charge is 0.472 e. The minimum atomic E-state index is -5.13. The monoisotopic (exact) mass is 675 g/mol. The summed E-state index contributed by atoms with van der Waals surface area (Å²) >= 11 is 0. The molecule has 0 amide bonds. The molecule has 3 saturated heterocycles. The highest BCUT2D eigenvalue weighted by Crippen LogP contribution is 2.52. The maximum atomic E-state index is 15.9. The van der Waals surface area contributed by atoms with Crippen LogP contribution in [0, 0.1) is 0 Å². The molecule has 3 fully saturated rings. The minimum Gasteiger partial charge on any atom is -0.397 e. The van der Waals surface area contributed by atoms with E-state index < -0.39 is 84.2 Å². The lowest BCUT2D eigenvalue weighted by Crippen LogP contribution is -2.35. The predicted molar refractivity (Wildman–Crippen MR) is 145 cm³/mol. The van der Waals surface area contributed by atoms with Crippen LogP contribution >= 0.6 is 15.4 Å². The van der Waals surface area contributed by atoms with E-state index in [-0.39, 0.29) is 33.8 Å². The second-order valence-electron chi connectivity index (χ2n) is 10.4. The van der Waals surface area contributed by atoms with Crippen LogP contribution in [0.15, 0.2) is 31.2 Å². The van der Waals surface area contributed by atoms with Gasteiger partial charge >= 0.3 is 15.4 Å². The van der Waals surface area contributed by atoms with Crippen LogP contribution in [0.4, 0.5) is 20.3 Å². The third-order valence-corrected chi connectivity index (χ3v) is 9.50. The number of fused-ring (bicyclic) bond motifs is 4. The van der Waals surface area contributed by atoms with E-state index in [2.05, 4.69) is 24.9 Å². The van der Waals surface area contributed by atoms with E-state index >= 15 is 8.78 Å².